The van der Waals surface area contributed by atoms with Crippen LogP contribution in [0.1, 0.15) is 6.42 Å². The third kappa shape index (κ3) is 6.12. The van der Waals surface area contributed by atoms with E-state index in [4.69, 9.17) is 5.11 Å². The minimum absolute atomic E-state index is 0.101. The van der Waals surface area contributed by atoms with Gasteiger partial charge < -0.3 is 0 Å². The van der Waals surface area contributed by atoms with E-state index in [1.54, 1.807) is 0 Å². The molecule has 0 amide bonds. The van der Waals surface area contributed by atoms with Crippen LogP contribution in [-0.2, 0) is 9.27 Å². The molecule has 0 heterocycles. The molecule has 5 heteroatoms. The Labute approximate surface area is 56.3 Å². The van der Waals surface area contributed by atoms with Gasteiger partial charge in [0.05, 0.1) is 0 Å². The molecule has 0 aromatic heterocycles. The number of aliphatic carboxylic acids is 1. The summed E-state index contributed by atoms with van der Waals surface area (Å²) in [6.07, 6.45) is -0.223. The van der Waals surface area contributed by atoms with Crippen molar-refractivity contribution in [1.29, 1.82) is 0 Å². The maximum atomic E-state index is 9.84. The van der Waals surface area contributed by atoms with Crippen LogP contribution in [0, 0.1) is 26.1 Å². The molecular weight excluding hydrogens is 338 g/mol. The number of rotatable bonds is 3. The molecule has 4 nitrogen and oxygen atoms in total. The molecule has 0 saturated carbocycles. The van der Waals surface area contributed by atoms with Gasteiger partial charge in [0.2, 0.25) is 0 Å². The second-order valence-corrected chi connectivity index (χ2v) is 6.45. The summed E-state index contributed by atoms with van der Waals surface area (Å²) in [7, 11) is 0. The number of hydrogen-bond acceptors (Lipinski definition) is 3. The van der Waals surface area contributed by atoms with Gasteiger partial charge in [-0.25, -0.2) is 0 Å². The van der Waals surface area contributed by atoms with Gasteiger partial charge in [-0.1, -0.05) is 0 Å². The molecule has 0 aliphatic carbocycles. The van der Waals surface area contributed by atoms with Crippen LogP contribution < -0.4 is 0 Å². The fourth-order valence-corrected chi connectivity index (χ4v) is 1.95. The maximum absolute atomic E-state index is 9.84. The first-order chi connectivity index (χ1) is 3.63. The number of carbonyl (C=O) groups is 1. The zero-order valence-electron chi connectivity index (χ0n) is 4.09. The van der Waals surface area contributed by atoms with Crippen LogP contribution in [0.2, 0.25) is 3.45 Å². The Morgan fingerprint density at radius 2 is 2.00 bits per heavy atom. The molecule has 0 atom stereocenters. The Hall–Kier alpha value is 0.122. The summed E-state index contributed by atoms with van der Waals surface area (Å²) in [5.41, 5.74) is 0. The van der Waals surface area contributed by atoms with Crippen molar-refractivity contribution in [2.45, 2.75) is 9.88 Å². The van der Waals surface area contributed by atoms with Crippen LogP contribution in [0.5, 0.6) is 0 Å². The molecule has 0 aromatic rings. The number of carboxylic acids is 1. The second-order valence-electron chi connectivity index (χ2n) is 1.27. The van der Waals surface area contributed by atoms with Crippen molar-refractivity contribution in [3.05, 3.63) is 0 Å². The van der Waals surface area contributed by atoms with Crippen LogP contribution in [0.3, 0.4) is 0 Å². The van der Waals surface area contributed by atoms with E-state index in [0.717, 1.165) is 0 Å². The molecule has 1 N–H and O–H groups in total. The second kappa shape index (κ2) is 4.05. The van der Waals surface area contributed by atoms with Gasteiger partial charge in [-0.2, -0.15) is 0 Å². The van der Waals surface area contributed by atoms with E-state index < -0.39 is 32.1 Å². The molecule has 0 aromatic carbocycles. The SMILES string of the molecule is O=C(O)C[CH2][U+2](=[O])=[O]. The van der Waals surface area contributed by atoms with Gasteiger partial charge in [0.1, 0.15) is 0 Å². The van der Waals surface area contributed by atoms with Crippen molar-refractivity contribution in [3.8, 4) is 0 Å². The first-order valence-electron chi connectivity index (χ1n) is 2.04. The summed E-state index contributed by atoms with van der Waals surface area (Å²) in [5.74, 6) is -1.04. The van der Waals surface area contributed by atoms with Gasteiger partial charge in [-0.15, -0.1) is 0 Å². The van der Waals surface area contributed by atoms with E-state index in [2.05, 4.69) is 0 Å². The molecule has 0 saturated heterocycles. The Balaban J connectivity index is 3.32. The van der Waals surface area contributed by atoms with E-state index in [-0.39, 0.29) is 9.88 Å². The van der Waals surface area contributed by atoms with Crippen LogP contribution in [-0.4, -0.2) is 11.1 Å². The van der Waals surface area contributed by atoms with E-state index in [1.807, 2.05) is 0 Å². The molecule has 8 heavy (non-hydrogen) atoms. The molecule has 0 spiro atoms. The summed E-state index contributed by atoms with van der Waals surface area (Å²) in [6, 6.07) is 0. The van der Waals surface area contributed by atoms with Crippen molar-refractivity contribution in [3.63, 3.8) is 0 Å². The third-order valence-electron chi connectivity index (χ3n) is 0.543. The molecule has 43 valence electrons. The van der Waals surface area contributed by atoms with Crippen LogP contribution in [0.25, 0.3) is 0 Å². The number of carboxylic acid groups (broad SMARTS) is 1. The minimum atomic E-state index is -3.78. The summed E-state index contributed by atoms with van der Waals surface area (Å²) in [5, 5.41) is 7.92. The van der Waals surface area contributed by atoms with Crippen LogP contribution in [0.4, 0.5) is 0 Å². The summed E-state index contributed by atoms with van der Waals surface area (Å²) >= 11 is -3.78. The first-order valence-corrected chi connectivity index (χ1v) is 8.39. The Morgan fingerprint density at radius 3 is 2.12 bits per heavy atom. The van der Waals surface area contributed by atoms with Crippen LogP contribution >= 0.6 is 0 Å². The Kier molecular flexibility index (Phi) is 4.11. The Bertz CT molecular complexity index is 139. The summed E-state index contributed by atoms with van der Waals surface area (Å²) in [6.45, 7) is 0. The zero-order chi connectivity index (χ0) is 6.57. The van der Waals surface area contributed by atoms with Gasteiger partial charge >= 0.3 is 56.3 Å². The predicted octanol–water partition coefficient (Wildman–Crippen LogP) is 0.191. The molecule has 0 aliphatic heterocycles. The zero-order valence-corrected chi connectivity index (χ0v) is 8.25. The van der Waals surface area contributed by atoms with E-state index in [0.29, 0.717) is 0 Å². The van der Waals surface area contributed by atoms with E-state index >= 15 is 0 Å². The number of hydrogen-bond donors (Lipinski definition) is 1. The molecule has 0 radical (unpaired) electrons. The standard InChI is InChI=1S/C3H5O2.2O.U/c1-2-3(4)5;;;/h1-2H2,(H,4,5);;;/q;;;+2. The summed E-state index contributed by atoms with van der Waals surface area (Å²) < 4.78 is 19.6. The fraction of sp³-hybridized carbons (Fsp3) is 0.667. The normalized spacial score (nSPS) is 8.50. The van der Waals surface area contributed by atoms with Crippen LogP contribution in [0.15, 0.2) is 0 Å². The average molecular weight is 343 g/mol. The van der Waals surface area contributed by atoms with Crippen molar-refractivity contribution in [2.24, 2.45) is 0 Å². The van der Waals surface area contributed by atoms with E-state index in [1.165, 1.54) is 0 Å². The molecule has 0 fully saturated rings. The van der Waals surface area contributed by atoms with Crippen molar-refractivity contribution in [1.82, 2.24) is 0 Å². The summed E-state index contributed by atoms with van der Waals surface area (Å²) in [4.78, 5) is 9.66. The quantitative estimate of drug-likeness (QED) is 0.794. The van der Waals surface area contributed by atoms with Crippen molar-refractivity contribution >= 4 is 5.97 Å². The fourth-order valence-electron chi connectivity index (χ4n) is 0.209. The Morgan fingerprint density at radius 1 is 1.50 bits per heavy atom. The molecule has 0 rings (SSSR count). The van der Waals surface area contributed by atoms with Gasteiger partial charge in [0.15, 0.2) is 0 Å². The van der Waals surface area contributed by atoms with Gasteiger partial charge in [-0.05, 0) is 0 Å². The van der Waals surface area contributed by atoms with Gasteiger partial charge in [-0.3, -0.25) is 0 Å². The molecule has 0 bridgehead atoms. The van der Waals surface area contributed by atoms with Gasteiger partial charge in [0, 0.05) is 0 Å². The monoisotopic (exact) mass is 343 g/mol. The third-order valence-corrected chi connectivity index (χ3v) is 3.28. The predicted molar refractivity (Wildman–Crippen MR) is 18.4 cm³/mol. The van der Waals surface area contributed by atoms with Crippen molar-refractivity contribution < 1.29 is 40.5 Å². The van der Waals surface area contributed by atoms with E-state index in [9.17, 15) is 9.27 Å². The average Bonchev–Trinajstić information content (AvgIpc) is 1.61. The van der Waals surface area contributed by atoms with Crippen molar-refractivity contribution in [2.75, 3.05) is 0 Å². The molecule has 0 aliphatic rings. The topological polar surface area (TPSA) is 71.4 Å². The molecule has 0 unspecified atom stereocenters. The molecular formula is C3H5O4U+2. The first kappa shape index (κ1) is 8.12. The van der Waals surface area contributed by atoms with Gasteiger partial charge in [0.25, 0.3) is 0 Å².